The number of rotatable bonds is 5. The van der Waals surface area contributed by atoms with E-state index in [4.69, 9.17) is 4.42 Å². The number of hydrogen-bond acceptors (Lipinski definition) is 3. The van der Waals surface area contributed by atoms with Gasteiger partial charge in [0.2, 0.25) is 0 Å². The molecule has 0 aliphatic carbocycles. The Balaban J connectivity index is 2.02. The molecular formula is C14H12F2O2S. The summed E-state index contributed by atoms with van der Waals surface area (Å²) < 4.78 is 31.4. The van der Waals surface area contributed by atoms with E-state index >= 15 is 0 Å². The number of Topliss-reactive ketones (excluding diaryl/α,β-unsaturated/α-hetero) is 1. The average Bonchev–Trinajstić information content (AvgIpc) is 2.88. The fourth-order valence-corrected chi connectivity index (χ4v) is 2.44. The van der Waals surface area contributed by atoms with Gasteiger partial charge in [0.15, 0.2) is 5.78 Å². The van der Waals surface area contributed by atoms with Gasteiger partial charge in [0.25, 0.3) is 0 Å². The highest BCUT2D eigenvalue weighted by Gasteiger charge is 2.19. The van der Waals surface area contributed by atoms with Gasteiger partial charge in [-0.2, -0.15) is 0 Å². The minimum atomic E-state index is -0.824. The van der Waals surface area contributed by atoms with Crippen LogP contribution in [0.4, 0.5) is 8.78 Å². The van der Waals surface area contributed by atoms with E-state index in [1.54, 1.807) is 19.3 Å². The first-order valence-electron chi connectivity index (χ1n) is 5.71. The molecule has 1 heterocycles. The van der Waals surface area contributed by atoms with Gasteiger partial charge in [-0.1, -0.05) is 0 Å². The molecule has 19 heavy (non-hydrogen) atoms. The Kier molecular flexibility index (Phi) is 4.37. The number of halogens is 2. The first-order valence-corrected chi connectivity index (χ1v) is 6.76. The Labute approximate surface area is 113 Å². The summed E-state index contributed by atoms with van der Waals surface area (Å²) in [5, 5.41) is -0.426. The molecule has 0 bridgehead atoms. The van der Waals surface area contributed by atoms with Crippen molar-refractivity contribution in [3.8, 4) is 0 Å². The molecule has 2 rings (SSSR count). The zero-order valence-electron chi connectivity index (χ0n) is 10.2. The molecule has 0 saturated heterocycles. The molecule has 100 valence electrons. The predicted octanol–water partition coefficient (Wildman–Crippen LogP) is 4.06. The number of furan rings is 1. The third-order valence-corrected chi connectivity index (χ3v) is 3.79. The molecule has 1 aromatic heterocycles. The topological polar surface area (TPSA) is 30.2 Å². The predicted molar refractivity (Wildman–Crippen MR) is 70.2 cm³/mol. The SMILES string of the molecule is CC(SCc1ccco1)C(=O)c1ccc(F)cc1F. The molecule has 0 saturated carbocycles. The number of carbonyl (C=O) groups excluding carboxylic acids is 1. The molecule has 0 amide bonds. The quantitative estimate of drug-likeness (QED) is 0.775. The summed E-state index contributed by atoms with van der Waals surface area (Å²) in [4.78, 5) is 12.0. The van der Waals surface area contributed by atoms with Crippen molar-refractivity contribution in [2.45, 2.75) is 17.9 Å². The minimum Gasteiger partial charge on any atom is -0.468 e. The third kappa shape index (κ3) is 3.44. The molecule has 0 N–H and O–H groups in total. The highest BCUT2D eigenvalue weighted by Crippen LogP contribution is 2.22. The molecule has 0 aliphatic rings. The molecule has 0 aliphatic heterocycles. The van der Waals surface area contributed by atoms with Gasteiger partial charge in [-0.3, -0.25) is 4.79 Å². The van der Waals surface area contributed by atoms with E-state index in [1.165, 1.54) is 17.8 Å². The van der Waals surface area contributed by atoms with Crippen molar-refractivity contribution in [1.29, 1.82) is 0 Å². The summed E-state index contributed by atoms with van der Waals surface area (Å²) in [6.07, 6.45) is 1.56. The monoisotopic (exact) mass is 282 g/mol. The Morgan fingerprint density at radius 2 is 2.16 bits per heavy atom. The van der Waals surface area contributed by atoms with Gasteiger partial charge in [-0.25, -0.2) is 8.78 Å². The molecule has 0 fully saturated rings. The van der Waals surface area contributed by atoms with Crippen molar-refractivity contribution in [2.75, 3.05) is 0 Å². The highest BCUT2D eigenvalue weighted by atomic mass is 32.2. The number of carbonyl (C=O) groups is 1. The lowest BCUT2D eigenvalue weighted by molar-refractivity contribution is 0.0990. The number of benzene rings is 1. The first-order chi connectivity index (χ1) is 9.08. The summed E-state index contributed by atoms with van der Waals surface area (Å²) in [5.41, 5.74) is -0.0826. The normalized spacial score (nSPS) is 12.4. The molecule has 0 radical (unpaired) electrons. The highest BCUT2D eigenvalue weighted by molar-refractivity contribution is 7.99. The van der Waals surface area contributed by atoms with Crippen LogP contribution in [0.15, 0.2) is 41.0 Å². The average molecular weight is 282 g/mol. The Morgan fingerprint density at radius 3 is 2.79 bits per heavy atom. The number of thioether (sulfide) groups is 1. The second-order valence-corrected chi connectivity index (χ2v) is 5.35. The van der Waals surface area contributed by atoms with Crippen LogP contribution in [0.1, 0.15) is 23.0 Å². The fraction of sp³-hybridized carbons (Fsp3) is 0.214. The van der Waals surface area contributed by atoms with Gasteiger partial charge in [0, 0.05) is 6.07 Å². The van der Waals surface area contributed by atoms with Gasteiger partial charge in [-0.05, 0) is 31.2 Å². The van der Waals surface area contributed by atoms with Crippen molar-refractivity contribution < 1.29 is 18.0 Å². The molecule has 5 heteroatoms. The van der Waals surface area contributed by atoms with Gasteiger partial charge < -0.3 is 4.42 Å². The maximum absolute atomic E-state index is 13.5. The van der Waals surface area contributed by atoms with Crippen LogP contribution in [0, 0.1) is 11.6 Å². The van der Waals surface area contributed by atoms with Crippen molar-refractivity contribution in [1.82, 2.24) is 0 Å². The molecule has 2 aromatic rings. The van der Waals surface area contributed by atoms with Crippen molar-refractivity contribution in [3.63, 3.8) is 0 Å². The lowest BCUT2D eigenvalue weighted by atomic mass is 10.1. The number of ketones is 1. The summed E-state index contributed by atoms with van der Waals surface area (Å²) in [5.74, 6) is -0.582. The molecular weight excluding hydrogens is 270 g/mol. The van der Waals surface area contributed by atoms with Crippen LogP contribution in [-0.4, -0.2) is 11.0 Å². The van der Waals surface area contributed by atoms with Gasteiger partial charge in [0.1, 0.15) is 17.4 Å². The Hall–Kier alpha value is -1.62. The zero-order chi connectivity index (χ0) is 13.8. The molecule has 1 aromatic carbocycles. The summed E-state index contributed by atoms with van der Waals surface area (Å²) >= 11 is 1.35. The van der Waals surface area contributed by atoms with Crippen LogP contribution >= 0.6 is 11.8 Å². The first kappa shape index (κ1) is 13.8. The number of hydrogen-bond donors (Lipinski definition) is 0. The Morgan fingerprint density at radius 1 is 1.37 bits per heavy atom. The van der Waals surface area contributed by atoms with E-state index in [2.05, 4.69) is 0 Å². The largest absolute Gasteiger partial charge is 0.468 e. The molecule has 1 atom stereocenters. The van der Waals surface area contributed by atoms with Crippen LogP contribution in [0.5, 0.6) is 0 Å². The molecule has 2 nitrogen and oxygen atoms in total. The fourth-order valence-electron chi connectivity index (χ4n) is 1.59. The minimum absolute atomic E-state index is 0.0826. The second-order valence-electron chi connectivity index (χ2n) is 4.02. The van der Waals surface area contributed by atoms with Crippen LogP contribution in [0.2, 0.25) is 0 Å². The maximum atomic E-state index is 13.5. The van der Waals surface area contributed by atoms with Gasteiger partial charge in [0.05, 0.1) is 22.8 Å². The van der Waals surface area contributed by atoms with Crippen LogP contribution < -0.4 is 0 Å². The van der Waals surface area contributed by atoms with Gasteiger partial charge in [-0.15, -0.1) is 11.8 Å². The van der Waals surface area contributed by atoms with Crippen LogP contribution in [0.25, 0.3) is 0 Å². The third-order valence-electron chi connectivity index (χ3n) is 2.62. The van der Waals surface area contributed by atoms with E-state index in [0.29, 0.717) is 5.75 Å². The lowest BCUT2D eigenvalue weighted by Gasteiger charge is -2.10. The maximum Gasteiger partial charge on any atom is 0.178 e. The smallest absolute Gasteiger partial charge is 0.178 e. The van der Waals surface area contributed by atoms with E-state index in [0.717, 1.165) is 17.9 Å². The van der Waals surface area contributed by atoms with Crippen molar-refractivity contribution >= 4 is 17.5 Å². The summed E-state index contributed by atoms with van der Waals surface area (Å²) in [6, 6.07) is 6.55. The van der Waals surface area contributed by atoms with Crippen molar-refractivity contribution in [2.24, 2.45) is 0 Å². The Bertz CT molecular complexity index is 567. The second kappa shape index (κ2) is 6.02. The van der Waals surface area contributed by atoms with Gasteiger partial charge >= 0.3 is 0 Å². The van der Waals surface area contributed by atoms with E-state index in [-0.39, 0.29) is 11.3 Å². The van der Waals surface area contributed by atoms with Crippen molar-refractivity contribution in [3.05, 3.63) is 59.6 Å². The van der Waals surface area contributed by atoms with E-state index < -0.39 is 16.9 Å². The van der Waals surface area contributed by atoms with Crippen LogP contribution in [-0.2, 0) is 5.75 Å². The van der Waals surface area contributed by atoms with E-state index in [9.17, 15) is 13.6 Å². The zero-order valence-corrected chi connectivity index (χ0v) is 11.0. The van der Waals surface area contributed by atoms with E-state index in [1.807, 2.05) is 6.07 Å². The summed E-state index contributed by atoms with van der Waals surface area (Å²) in [6.45, 7) is 1.69. The summed E-state index contributed by atoms with van der Waals surface area (Å²) in [7, 11) is 0. The van der Waals surface area contributed by atoms with Crippen LogP contribution in [0.3, 0.4) is 0 Å². The lowest BCUT2D eigenvalue weighted by Crippen LogP contribution is -2.15. The molecule has 0 spiro atoms. The standard InChI is InChI=1S/C14H12F2O2S/c1-9(19-8-11-3-2-6-18-11)14(17)12-5-4-10(15)7-13(12)16/h2-7,9H,8H2,1H3. The molecule has 1 unspecified atom stereocenters.